The molecule has 1 aromatic carbocycles. The molecule has 3 heteroatoms. The van der Waals surface area contributed by atoms with Gasteiger partial charge in [0, 0.05) is 6.54 Å². The van der Waals surface area contributed by atoms with Gasteiger partial charge in [-0.2, -0.15) is 12.6 Å². The van der Waals surface area contributed by atoms with Gasteiger partial charge in [-0.1, -0.05) is 12.1 Å². The molecule has 2 nitrogen and oxygen atoms in total. The zero-order valence-corrected chi connectivity index (χ0v) is 11.4. The van der Waals surface area contributed by atoms with Gasteiger partial charge in [-0.25, -0.2) is 0 Å². The van der Waals surface area contributed by atoms with E-state index in [0.717, 1.165) is 50.5 Å². The van der Waals surface area contributed by atoms with Crippen LogP contribution in [0.25, 0.3) is 0 Å². The first-order valence-corrected chi connectivity index (χ1v) is 6.97. The molecule has 0 bridgehead atoms. The Morgan fingerprint density at radius 2 is 2.29 bits per heavy atom. The fourth-order valence-corrected chi connectivity index (χ4v) is 2.38. The standard InChI is InChI=1S/C14H21NOS/c1-15(7-3-9-17)11-12-5-6-14-13(10-12)4-2-8-16-14/h5-6,10,17H,2-4,7-9,11H2,1H3. The largest absolute Gasteiger partial charge is 0.493 e. The maximum Gasteiger partial charge on any atom is 0.122 e. The summed E-state index contributed by atoms with van der Waals surface area (Å²) in [4.78, 5) is 2.35. The highest BCUT2D eigenvalue weighted by atomic mass is 32.1. The lowest BCUT2D eigenvalue weighted by molar-refractivity contribution is 0.287. The molecule has 0 N–H and O–H groups in total. The molecule has 0 amide bonds. The molecule has 17 heavy (non-hydrogen) atoms. The Balaban J connectivity index is 1.97. The molecular weight excluding hydrogens is 230 g/mol. The molecule has 1 heterocycles. The van der Waals surface area contributed by atoms with Crippen LogP contribution in [0, 0.1) is 0 Å². The number of fused-ring (bicyclic) bond motifs is 1. The number of thiol groups is 1. The van der Waals surface area contributed by atoms with Gasteiger partial charge in [0.2, 0.25) is 0 Å². The fraction of sp³-hybridized carbons (Fsp3) is 0.571. The van der Waals surface area contributed by atoms with Crippen molar-refractivity contribution in [2.24, 2.45) is 0 Å². The van der Waals surface area contributed by atoms with Crippen LogP contribution in [-0.4, -0.2) is 30.9 Å². The highest BCUT2D eigenvalue weighted by Gasteiger charge is 2.10. The van der Waals surface area contributed by atoms with Gasteiger partial charge in [-0.05, 0) is 55.8 Å². The van der Waals surface area contributed by atoms with E-state index in [4.69, 9.17) is 4.74 Å². The Kier molecular flexibility index (Phi) is 4.75. The lowest BCUT2D eigenvalue weighted by Crippen LogP contribution is -2.19. The monoisotopic (exact) mass is 251 g/mol. The van der Waals surface area contributed by atoms with Crippen LogP contribution in [0.5, 0.6) is 5.75 Å². The minimum Gasteiger partial charge on any atom is -0.493 e. The van der Waals surface area contributed by atoms with E-state index >= 15 is 0 Å². The van der Waals surface area contributed by atoms with E-state index in [1.54, 1.807) is 0 Å². The lowest BCUT2D eigenvalue weighted by Gasteiger charge is -2.20. The summed E-state index contributed by atoms with van der Waals surface area (Å²) in [5.41, 5.74) is 2.76. The molecule has 1 aromatic rings. The van der Waals surface area contributed by atoms with Crippen LogP contribution in [0.1, 0.15) is 24.0 Å². The Morgan fingerprint density at radius 1 is 1.41 bits per heavy atom. The van der Waals surface area contributed by atoms with E-state index in [2.05, 4.69) is 42.8 Å². The molecule has 2 rings (SSSR count). The number of rotatable bonds is 5. The maximum atomic E-state index is 5.62. The average molecular weight is 251 g/mol. The molecule has 0 atom stereocenters. The number of benzene rings is 1. The predicted molar refractivity (Wildman–Crippen MR) is 75.1 cm³/mol. The third-order valence-electron chi connectivity index (χ3n) is 3.12. The molecule has 0 saturated carbocycles. The van der Waals surface area contributed by atoms with Gasteiger partial charge in [-0.3, -0.25) is 0 Å². The molecule has 94 valence electrons. The van der Waals surface area contributed by atoms with E-state index in [9.17, 15) is 0 Å². The van der Waals surface area contributed by atoms with Crippen molar-refractivity contribution >= 4 is 12.6 Å². The van der Waals surface area contributed by atoms with E-state index in [-0.39, 0.29) is 0 Å². The summed E-state index contributed by atoms with van der Waals surface area (Å²) in [5, 5.41) is 0. The Labute approximate surface area is 109 Å². The molecule has 1 aliphatic heterocycles. The first-order valence-electron chi connectivity index (χ1n) is 6.33. The van der Waals surface area contributed by atoms with Crippen LogP contribution in [0.15, 0.2) is 18.2 Å². The summed E-state index contributed by atoms with van der Waals surface area (Å²) in [6, 6.07) is 6.60. The van der Waals surface area contributed by atoms with Crippen LogP contribution < -0.4 is 4.74 Å². The minimum absolute atomic E-state index is 0.869. The summed E-state index contributed by atoms with van der Waals surface area (Å²) in [6.45, 7) is 2.99. The Morgan fingerprint density at radius 3 is 3.12 bits per heavy atom. The van der Waals surface area contributed by atoms with Gasteiger partial charge in [0.25, 0.3) is 0 Å². The van der Waals surface area contributed by atoms with Gasteiger partial charge in [0.05, 0.1) is 6.61 Å². The second-order valence-electron chi connectivity index (χ2n) is 4.71. The van der Waals surface area contributed by atoms with Gasteiger partial charge >= 0.3 is 0 Å². The van der Waals surface area contributed by atoms with E-state index in [1.165, 1.54) is 11.1 Å². The Bertz CT molecular complexity index is 367. The normalized spacial score (nSPS) is 14.5. The SMILES string of the molecule is CN(CCCS)Cc1ccc2c(c1)CCCO2. The summed E-state index contributed by atoms with van der Waals surface area (Å²) in [6.07, 6.45) is 3.45. The highest BCUT2D eigenvalue weighted by molar-refractivity contribution is 7.80. The number of hydrogen-bond donors (Lipinski definition) is 1. The fourth-order valence-electron chi connectivity index (χ4n) is 2.24. The third kappa shape index (κ3) is 3.65. The quantitative estimate of drug-likeness (QED) is 0.808. The predicted octanol–water partition coefficient (Wildman–Crippen LogP) is 2.76. The van der Waals surface area contributed by atoms with Crippen molar-refractivity contribution in [2.45, 2.75) is 25.8 Å². The van der Waals surface area contributed by atoms with Crippen LogP contribution >= 0.6 is 12.6 Å². The van der Waals surface area contributed by atoms with E-state index in [0.29, 0.717) is 0 Å². The first-order chi connectivity index (χ1) is 8.29. The summed E-state index contributed by atoms with van der Waals surface area (Å²) < 4.78 is 5.62. The van der Waals surface area contributed by atoms with Crippen LogP contribution in [-0.2, 0) is 13.0 Å². The number of hydrogen-bond acceptors (Lipinski definition) is 3. The van der Waals surface area contributed by atoms with Crippen molar-refractivity contribution < 1.29 is 4.74 Å². The number of ether oxygens (including phenoxy) is 1. The van der Waals surface area contributed by atoms with Gasteiger partial charge in [0.15, 0.2) is 0 Å². The summed E-state index contributed by atoms with van der Waals surface area (Å²) in [5.74, 6) is 2.04. The molecule has 0 aliphatic carbocycles. The second-order valence-corrected chi connectivity index (χ2v) is 5.16. The third-order valence-corrected chi connectivity index (χ3v) is 3.44. The number of nitrogens with zero attached hydrogens (tertiary/aromatic N) is 1. The lowest BCUT2D eigenvalue weighted by atomic mass is 10.0. The van der Waals surface area contributed by atoms with E-state index < -0.39 is 0 Å². The van der Waals surface area contributed by atoms with Crippen molar-refractivity contribution in [1.29, 1.82) is 0 Å². The van der Waals surface area contributed by atoms with Crippen LogP contribution in [0.3, 0.4) is 0 Å². The smallest absolute Gasteiger partial charge is 0.122 e. The molecule has 1 aliphatic rings. The topological polar surface area (TPSA) is 12.5 Å². The molecule has 0 unspecified atom stereocenters. The minimum atomic E-state index is 0.869. The van der Waals surface area contributed by atoms with Crippen molar-refractivity contribution in [2.75, 3.05) is 26.0 Å². The highest BCUT2D eigenvalue weighted by Crippen LogP contribution is 2.25. The molecular formula is C14H21NOS. The van der Waals surface area contributed by atoms with Crippen LogP contribution in [0.2, 0.25) is 0 Å². The zero-order chi connectivity index (χ0) is 12.1. The molecule has 0 fully saturated rings. The summed E-state index contributed by atoms with van der Waals surface area (Å²) >= 11 is 4.24. The van der Waals surface area contributed by atoms with Gasteiger partial charge in [0.1, 0.15) is 5.75 Å². The second kappa shape index (κ2) is 6.31. The zero-order valence-electron chi connectivity index (χ0n) is 10.5. The maximum absolute atomic E-state index is 5.62. The number of aryl methyl sites for hydroxylation is 1. The Hall–Kier alpha value is -0.670. The van der Waals surface area contributed by atoms with Crippen LogP contribution in [0.4, 0.5) is 0 Å². The molecule has 0 radical (unpaired) electrons. The molecule has 0 aromatic heterocycles. The van der Waals surface area contributed by atoms with Gasteiger partial charge < -0.3 is 9.64 Å². The van der Waals surface area contributed by atoms with E-state index in [1.807, 2.05) is 0 Å². The van der Waals surface area contributed by atoms with Crippen molar-refractivity contribution in [3.8, 4) is 5.75 Å². The summed E-state index contributed by atoms with van der Waals surface area (Å²) in [7, 11) is 2.17. The van der Waals surface area contributed by atoms with Crippen molar-refractivity contribution in [3.63, 3.8) is 0 Å². The average Bonchev–Trinajstić information content (AvgIpc) is 2.36. The molecule has 0 saturated heterocycles. The van der Waals surface area contributed by atoms with Crippen molar-refractivity contribution in [3.05, 3.63) is 29.3 Å². The van der Waals surface area contributed by atoms with Gasteiger partial charge in [-0.15, -0.1) is 0 Å². The molecule has 0 spiro atoms. The first kappa shape index (κ1) is 12.8. The van der Waals surface area contributed by atoms with Crippen molar-refractivity contribution in [1.82, 2.24) is 4.90 Å².